The molecule has 3 heterocycles. The zero-order chi connectivity index (χ0) is 33.6. The summed E-state index contributed by atoms with van der Waals surface area (Å²) in [6.45, 7) is 2.16. The summed E-state index contributed by atoms with van der Waals surface area (Å²) in [6.07, 6.45) is 4.29. The Morgan fingerprint density at radius 3 is 2.02 bits per heavy atom. The first-order valence-electron chi connectivity index (χ1n) is 17.7. The van der Waals surface area contributed by atoms with Crippen LogP contribution in [0.1, 0.15) is 28.8 Å². The molecular weight excluding hydrogens is 621 g/mol. The quantitative estimate of drug-likeness (QED) is 0.190. The van der Waals surface area contributed by atoms with Gasteiger partial charge < -0.3 is 0 Å². The van der Waals surface area contributed by atoms with Crippen molar-refractivity contribution in [3.8, 4) is 17.1 Å². The maximum atomic E-state index is 5.48. The van der Waals surface area contributed by atoms with Gasteiger partial charge in [0.05, 0.1) is 22.1 Å². The smallest absolute Gasteiger partial charge is 0.221 e. The molecular formula is C47H32N4. The summed E-state index contributed by atoms with van der Waals surface area (Å²) in [5.74, 6) is 0.879. The van der Waals surface area contributed by atoms with Gasteiger partial charge in [-0.25, -0.2) is 9.97 Å². The summed E-state index contributed by atoms with van der Waals surface area (Å²) in [5.41, 5.74) is 13.9. The fourth-order valence-corrected chi connectivity index (χ4v) is 8.41. The first-order valence-corrected chi connectivity index (χ1v) is 17.7. The molecule has 240 valence electrons. The lowest BCUT2D eigenvalue weighted by atomic mass is 9.90. The van der Waals surface area contributed by atoms with Crippen LogP contribution in [0.15, 0.2) is 146 Å². The molecule has 11 rings (SSSR count). The normalized spacial score (nSPS) is 13.2. The molecule has 0 amide bonds. The van der Waals surface area contributed by atoms with Crippen LogP contribution in [0.3, 0.4) is 0 Å². The van der Waals surface area contributed by atoms with Crippen molar-refractivity contribution < 1.29 is 0 Å². The van der Waals surface area contributed by atoms with Crippen LogP contribution in [0.2, 0.25) is 0 Å². The molecule has 7 aromatic carbocycles. The largest absolute Gasteiger partial charge is 0.283 e. The van der Waals surface area contributed by atoms with E-state index in [9.17, 15) is 0 Å². The molecule has 1 aliphatic rings. The van der Waals surface area contributed by atoms with Gasteiger partial charge in [-0.3, -0.25) is 8.97 Å². The predicted octanol–water partition coefficient (Wildman–Crippen LogP) is 11.7. The molecule has 1 aliphatic carbocycles. The molecule has 0 N–H and O–H groups in total. The van der Waals surface area contributed by atoms with Crippen molar-refractivity contribution in [2.24, 2.45) is 0 Å². The summed E-state index contributed by atoms with van der Waals surface area (Å²) >= 11 is 0. The fraction of sp³-hybridized carbons (Fsp3) is 0.0638. The summed E-state index contributed by atoms with van der Waals surface area (Å²) in [5, 5.41) is 7.37. The Labute approximate surface area is 294 Å². The van der Waals surface area contributed by atoms with Gasteiger partial charge in [-0.1, -0.05) is 103 Å². The first kappa shape index (κ1) is 28.3. The van der Waals surface area contributed by atoms with Gasteiger partial charge in [-0.2, -0.15) is 0 Å². The van der Waals surface area contributed by atoms with Crippen LogP contribution >= 0.6 is 0 Å². The van der Waals surface area contributed by atoms with Crippen LogP contribution in [0, 0.1) is 6.92 Å². The first-order chi connectivity index (χ1) is 25.2. The number of hydrogen-bond acceptors (Lipinski definition) is 2. The van der Waals surface area contributed by atoms with Crippen molar-refractivity contribution in [2.75, 3.05) is 0 Å². The van der Waals surface area contributed by atoms with E-state index in [-0.39, 0.29) is 0 Å². The van der Waals surface area contributed by atoms with Crippen molar-refractivity contribution in [2.45, 2.75) is 19.8 Å². The second-order valence-corrected chi connectivity index (χ2v) is 13.9. The number of imidazole rings is 1. The molecule has 0 aliphatic heterocycles. The lowest BCUT2D eigenvalue weighted by molar-refractivity contribution is 0.848. The SMILES string of the molecule is Cc1cccc2nc(-n3c4c(c5cc(-c6ccc7ccccc7c6)ccc53)C=C(c3ccc5ccccc5c3)CC4)n3c4ccccc4nc3c12. The molecule has 4 nitrogen and oxygen atoms in total. The van der Waals surface area contributed by atoms with E-state index in [1.54, 1.807) is 0 Å². The summed E-state index contributed by atoms with van der Waals surface area (Å²) in [7, 11) is 0. The van der Waals surface area contributed by atoms with Gasteiger partial charge in [0.15, 0.2) is 5.65 Å². The maximum absolute atomic E-state index is 5.48. The van der Waals surface area contributed by atoms with Crippen LogP contribution in [-0.4, -0.2) is 18.9 Å². The van der Waals surface area contributed by atoms with Gasteiger partial charge in [-0.05, 0) is 118 Å². The second-order valence-electron chi connectivity index (χ2n) is 13.9. The van der Waals surface area contributed by atoms with E-state index in [4.69, 9.17) is 9.97 Å². The van der Waals surface area contributed by atoms with Gasteiger partial charge in [0.25, 0.3) is 0 Å². The van der Waals surface area contributed by atoms with Crippen LogP contribution in [0.4, 0.5) is 0 Å². The third-order valence-corrected chi connectivity index (χ3v) is 10.9. The molecule has 0 radical (unpaired) electrons. The van der Waals surface area contributed by atoms with E-state index in [1.165, 1.54) is 66.0 Å². The van der Waals surface area contributed by atoms with E-state index in [0.29, 0.717) is 0 Å². The Kier molecular flexibility index (Phi) is 5.97. The van der Waals surface area contributed by atoms with E-state index in [0.717, 1.165) is 51.9 Å². The lowest BCUT2D eigenvalue weighted by Gasteiger charge is -2.19. The van der Waals surface area contributed by atoms with E-state index in [1.807, 2.05) is 0 Å². The Hall–Kier alpha value is -6.52. The molecule has 0 saturated carbocycles. The fourth-order valence-electron chi connectivity index (χ4n) is 8.41. The number of nitrogens with zero attached hydrogens (tertiary/aromatic N) is 4. The van der Waals surface area contributed by atoms with Gasteiger partial charge in [0.1, 0.15) is 0 Å². The van der Waals surface area contributed by atoms with Gasteiger partial charge >= 0.3 is 0 Å². The molecule has 51 heavy (non-hydrogen) atoms. The Morgan fingerprint density at radius 1 is 0.529 bits per heavy atom. The summed E-state index contributed by atoms with van der Waals surface area (Å²) < 4.78 is 4.70. The monoisotopic (exact) mass is 652 g/mol. The minimum Gasteiger partial charge on any atom is -0.283 e. The van der Waals surface area contributed by atoms with E-state index < -0.39 is 0 Å². The highest BCUT2D eigenvalue weighted by molar-refractivity contribution is 6.03. The lowest BCUT2D eigenvalue weighted by Crippen LogP contribution is -2.11. The topological polar surface area (TPSA) is 35.1 Å². The number of para-hydroxylation sites is 2. The van der Waals surface area contributed by atoms with Gasteiger partial charge in [-0.15, -0.1) is 0 Å². The minimum atomic E-state index is 0.879. The van der Waals surface area contributed by atoms with Crippen molar-refractivity contribution in [3.05, 3.63) is 168 Å². The molecule has 4 heteroatoms. The van der Waals surface area contributed by atoms with Crippen molar-refractivity contribution in [3.63, 3.8) is 0 Å². The second kappa shape index (κ2) is 10.7. The van der Waals surface area contributed by atoms with Crippen LogP contribution in [0.25, 0.3) is 88.8 Å². The van der Waals surface area contributed by atoms with Crippen LogP contribution < -0.4 is 0 Å². The zero-order valence-corrected chi connectivity index (χ0v) is 28.1. The highest BCUT2D eigenvalue weighted by atomic mass is 15.2. The van der Waals surface area contributed by atoms with Crippen molar-refractivity contribution in [1.82, 2.24) is 18.9 Å². The predicted molar refractivity (Wildman–Crippen MR) is 213 cm³/mol. The average molecular weight is 653 g/mol. The number of aryl methyl sites for hydroxylation is 1. The number of allylic oxidation sites excluding steroid dienone is 1. The molecule has 10 aromatic rings. The van der Waals surface area contributed by atoms with Gasteiger partial charge in [0, 0.05) is 22.0 Å². The van der Waals surface area contributed by atoms with Crippen LogP contribution in [0.5, 0.6) is 0 Å². The highest BCUT2D eigenvalue weighted by Crippen LogP contribution is 2.41. The maximum Gasteiger partial charge on any atom is 0.221 e. The number of benzene rings is 7. The van der Waals surface area contributed by atoms with Gasteiger partial charge in [0.2, 0.25) is 5.95 Å². The van der Waals surface area contributed by atoms with Crippen molar-refractivity contribution in [1.29, 1.82) is 0 Å². The Morgan fingerprint density at radius 2 is 1.20 bits per heavy atom. The van der Waals surface area contributed by atoms with E-state index >= 15 is 0 Å². The van der Waals surface area contributed by atoms with Crippen LogP contribution in [-0.2, 0) is 6.42 Å². The minimum absolute atomic E-state index is 0.879. The number of hydrogen-bond donors (Lipinski definition) is 0. The molecule has 0 spiro atoms. The Bertz CT molecular complexity index is 3100. The average Bonchev–Trinajstić information content (AvgIpc) is 3.73. The highest BCUT2D eigenvalue weighted by Gasteiger charge is 2.26. The molecule has 0 saturated heterocycles. The van der Waals surface area contributed by atoms with E-state index in [2.05, 4.69) is 168 Å². The standard InChI is InChI=1S/C47H32N4/c1-29-9-8-15-41-45(29)46-48-40-14-6-7-16-44(40)51(46)47(49-41)50-42-23-21-36(34-19-17-30-10-2-4-12-32(30)25-34)27-38(42)39-28-37(22-24-43(39)50)35-20-18-31-11-3-5-13-33(31)26-35/h2-21,23,25-28H,22,24H2,1H3. The number of rotatable bonds is 3. The third kappa shape index (κ3) is 4.26. The Balaban J connectivity index is 1.21. The zero-order valence-electron chi connectivity index (χ0n) is 28.1. The number of fused-ring (bicyclic) bond motifs is 10. The molecule has 0 bridgehead atoms. The molecule has 0 unspecified atom stereocenters. The van der Waals surface area contributed by atoms with Crippen molar-refractivity contribution >= 4 is 71.7 Å². The third-order valence-electron chi connectivity index (χ3n) is 10.9. The summed E-state index contributed by atoms with van der Waals surface area (Å²) in [6, 6.07) is 52.7. The molecule has 0 fully saturated rings. The molecule has 3 aromatic heterocycles. The number of aromatic nitrogens is 4. The molecule has 0 atom stereocenters. The summed E-state index contributed by atoms with van der Waals surface area (Å²) in [4.78, 5) is 10.7.